The van der Waals surface area contributed by atoms with Gasteiger partial charge in [-0.3, -0.25) is 14.5 Å². The molecule has 3 aliphatic rings. The third-order valence-corrected chi connectivity index (χ3v) is 6.28. The van der Waals surface area contributed by atoms with Gasteiger partial charge in [0.1, 0.15) is 0 Å². The van der Waals surface area contributed by atoms with E-state index >= 15 is 0 Å². The zero-order valence-corrected chi connectivity index (χ0v) is 15.4. The Hall–Kier alpha value is -1.14. The summed E-state index contributed by atoms with van der Waals surface area (Å²) in [6, 6.07) is 0.421. The zero-order chi connectivity index (χ0) is 17.9. The number of aliphatic carboxylic acids is 1. The molecule has 0 bridgehead atoms. The van der Waals surface area contributed by atoms with E-state index in [1.165, 1.54) is 0 Å². The molecule has 2 saturated heterocycles. The summed E-state index contributed by atoms with van der Waals surface area (Å²) in [5, 5.41) is 9.87. The van der Waals surface area contributed by atoms with Crippen LogP contribution in [0.5, 0.6) is 0 Å². The van der Waals surface area contributed by atoms with Crippen molar-refractivity contribution in [3.05, 3.63) is 0 Å². The average Bonchev–Trinajstić information content (AvgIpc) is 3.47. The van der Waals surface area contributed by atoms with Crippen molar-refractivity contribution in [3.63, 3.8) is 0 Å². The highest BCUT2D eigenvalue weighted by molar-refractivity contribution is 5.81. The smallest absolute Gasteiger partial charge is 0.310 e. The van der Waals surface area contributed by atoms with Crippen LogP contribution in [0.15, 0.2) is 0 Å². The van der Waals surface area contributed by atoms with Crippen LogP contribution in [0.3, 0.4) is 0 Å². The largest absolute Gasteiger partial charge is 0.481 e. The number of ether oxygens (including phenoxy) is 1. The summed E-state index contributed by atoms with van der Waals surface area (Å²) in [7, 11) is 1.66. The molecule has 1 aliphatic carbocycles. The van der Waals surface area contributed by atoms with Gasteiger partial charge in [-0.05, 0) is 57.9 Å². The van der Waals surface area contributed by atoms with Crippen LogP contribution in [0.25, 0.3) is 0 Å². The van der Waals surface area contributed by atoms with Crippen molar-refractivity contribution in [1.82, 2.24) is 9.80 Å². The maximum atomic E-state index is 12.2. The Morgan fingerprint density at radius 3 is 2.48 bits per heavy atom. The monoisotopic (exact) mass is 352 g/mol. The Labute approximate surface area is 150 Å². The van der Waals surface area contributed by atoms with E-state index in [-0.39, 0.29) is 0 Å². The minimum atomic E-state index is -0.658. The Morgan fingerprint density at radius 1 is 1.16 bits per heavy atom. The summed E-state index contributed by atoms with van der Waals surface area (Å²) >= 11 is 0. The molecule has 1 unspecified atom stereocenters. The predicted molar refractivity (Wildman–Crippen MR) is 94.3 cm³/mol. The van der Waals surface area contributed by atoms with E-state index in [1.807, 2.05) is 4.90 Å². The quantitative estimate of drug-likeness (QED) is 0.710. The lowest BCUT2D eigenvalue weighted by atomic mass is 9.75. The molecule has 2 heterocycles. The van der Waals surface area contributed by atoms with Crippen molar-refractivity contribution in [1.29, 1.82) is 0 Å². The molecule has 1 saturated carbocycles. The lowest BCUT2D eigenvalue weighted by Gasteiger charge is -2.46. The fraction of sp³-hybridized carbons (Fsp3) is 0.895. The highest BCUT2D eigenvalue weighted by Crippen LogP contribution is 2.37. The number of likely N-dealkylation sites (tertiary alicyclic amines) is 2. The van der Waals surface area contributed by atoms with Crippen molar-refractivity contribution in [2.45, 2.75) is 57.4 Å². The van der Waals surface area contributed by atoms with Crippen LogP contribution in [0.1, 0.15) is 51.4 Å². The second kappa shape index (κ2) is 8.04. The molecule has 0 aromatic carbocycles. The standard InChI is InChI=1S/C19H32N2O4/c1-25-13-3-9-19(18(23)24)8-2-10-21(14-19)16-6-11-20(12-7-16)17(22)15-4-5-15/h15-16H,2-14H2,1H3,(H,23,24). The van der Waals surface area contributed by atoms with Crippen LogP contribution < -0.4 is 0 Å². The fourth-order valence-corrected chi connectivity index (χ4v) is 4.56. The van der Waals surface area contributed by atoms with Crippen LogP contribution in [0, 0.1) is 11.3 Å². The molecule has 0 radical (unpaired) electrons. The number of rotatable bonds is 7. The van der Waals surface area contributed by atoms with Gasteiger partial charge in [-0.2, -0.15) is 0 Å². The van der Waals surface area contributed by atoms with Gasteiger partial charge < -0.3 is 14.7 Å². The summed E-state index contributed by atoms with van der Waals surface area (Å²) in [6.45, 7) is 3.92. The lowest BCUT2D eigenvalue weighted by molar-refractivity contribution is -0.154. The number of hydrogen-bond acceptors (Lipinski definition) is 4. The third kappa shape index (κ3) is 4.34. The van der Waals surface area contributed by atoms with E-state index in [2.05, 4.69) is 4.90 Å². The predicted octanol–water partition coefficient (Wildman–Crippen LogP) is 1.98. The topological polar surface area (TPSA) is 70.1 Å². The van der Waals surface area contributed by atoms with E-state index in [9.17, 15) is 14.7 Å². The van der Waals surface area contributed by atoms with E-state index in [4.69, 9.17) is 4.74 Å². The number of nitrogens with zero attached hydrogens (tertiary/aromatic N) is 2. The van der Waals surface area contributed by atoms with Gasteiger partial charge in [0.25, 0.3) is 0 Å². The zero-order valence-electron chi connectivity index (χ0n) is 15.4. The summed E-state index contributed by atoms with van der Waals surface area (Å²) < 4.78 is 5.12. The van der Waals surface area contributed by atoms with Gasteiger partial charge in [-0.15, -0.1) is 0 Å². The van der Waals surface area contributed by atoms with Gasteiger partial charge in [-0.25, -0.2) is 0 Å². The SMILES string of the molecule is COCCCC1(C(=O)O)CCCN(C2CCN(C(=O)C3CC3)CC2)C1. The normalized spacial score (nSPS) is 28.9. The van der Waals surface area contributed by atoms with Gasteiger partial charge in [0, 0.05) is 45.3 Å². The summed E-state index contributed by atoms with van der Waals surface area (Å²) in [5.41, 5.74) is -0.627. The van der Waals surface area contributed by atoms with E-state index in [0.29, 0.717) is 37.4 Å². The maximum Gasteiger partial charge on any atom is 0.310 e. The maximum absolute atomic E-state index is 12.2. The number of carbonyl (C=O) groups is 2. The first-order valence-corrected chi connectivity index (χ1v) is 9.81. The molecule has 0 aromatic rings. The van der Waals surface area contributed by atoms with E-state index in [0.717, 1.165) is 64.6 Å². The Morgan fingerprint density at radius 2 is 1.88 bits per heavy atom. The van der Waals surface area contributed by atoms with Crippen molar-refractivity contribution in [3.8, 4) is 0 Å². The first-order chi connectivity index (χ1) is 12.1. The molecule has 1 amide bonds. The second-order valence-electron chi connectivity index (χ2n) is 8.09. The van der Waals surface area contributed by atoms with Crippen LogP contribution >= 0.6 is 0 Å². The molecule has 0 aromatic heterocycles. The third-order valence-electron chi connectivity index (χ3n) is 6.28. The second-order valence-corrected chi connectivity index (χ2v) is 8.09. The highest BCUT2D eigenvalue weighted by Gasteiger charge is 2.44. The summed E-state index contributed by atoms with van der Waals surface area (Å²) in [5.74, 6) is -0.0156. The first kappa shape index (κ1) is 18.6. The van der Waals surface area contributed by atoms with Gasteiger partial charge in [-0.1, -0.05) is 0 Å². The van der Waals surface area contributed by atoms with Crippen molar-refractivity contribution in [2.75, 3.05) is 39.9 Å². The molecule has 1 atom stereocenters. The molecule has 142 valence electrons. The van der Waals surface area contributed by atoms with E-state index < -0.39 is 11.4 Å². The number of carboxylic acid groups (broad SMARTS) is 1. The lowest BCUT2D eigenvalue weighted by Crippen LogP contribution is -2.54. The number of carboxylic acids is 1. The number of piperidine rings is 2. The van der Waals surface area contributed by atoms with Gasteiger partial charge in [0.2, 0.25) is 5.91 Å². The highest BCUT2D eigenvalue weighted by atomic mass is 16.5. The number of methoxy groups -OCH3 is 1. The minimum absolute atomic E-state index is 0.298. The Balaban J connectivity index is 1.55. The fourth-order valence-electron chi connectivity index (χ4n) is 4.56. The molecule has 6 heteroatoms. The average molecular weight is 352 g/mol. The number of hydrogen-bond donors (Lipinski definition) is 1. The molecule has 3 fully saturated rings. The molecule has 0 spiro atoms. The summed E-state index contributed by atoms with van der Waals surface area (Å²) in [4.78, 5) is 28.6. The molecular formula is C19H32N2O4. The first-order valence-electron chi connectivity index (χ1n) is 9.81. The molecule has 25 heavy (non-hydrogen) atoms. The van der Waals surface area contributed by atoms with E-state index in [1.54, 1.807) is 7.11 Å². The van der Waals surface area contributed by atoms with Gasteiger partial charge >= 0.3 is 5.97 Å². The molecule has 1 N–H and O–H groups in total. The number of carbonyl (C=O) groups excluding carboxylic acids is 1. The van der Waals surface area contributed by atoms with Crippen LogP contribution in [0.2, 0.25) is 0 Å². The van der Waals surface area contributed by atoms with Gasteiger partial charge in [0.05, 0.1) is 5.41 Å². The van der Waals surface area contributed by atoms with Crippen LogP contribution in [0.4, 0.5) is 0 Å². The molecule has 6 nitrogen and oxygen atoms in total. The number of amides is 1. The van der Waals surface area contributed by atoms with Crippen LogP contribution in [-0.4, -0.2) is 72.7 Å². The van der Waals surface area contributed by atoms with Crippen molar-refractivity contribution in [2.24, 2.45) is 11.3 Å². The summed E-state index contributed by atoms with van der Waals surface area (Å²) in [6.07, 6.45) is 7.28. The molecule has 2 aliphatic heterocycles. The van der Waals surface area contributed by atoms with Crippen molar-refractivity contribution >= 4 is 11.9 Å². The Kier molecular flexibility index (Phi) is 6.00. The minimum Gasteiger partial charge on any atom is -0.481 e. The van der Waals surface area contributed by atoms with Crippen molar-refractivity contribution < 1.29 is 19.4 Å². The molecule has 3 rings (SSSR count). The molecular weight excluding hydrogens is 320 g/mol. The van der Waals surface area contributed by atoms with Crippen LogP contribution in [-0.2, 0) is 14.3 Å². The van der Waals surface area contributed by atoms with Gasteiger partial charge in [0.15, 0.2) is 0 Å². The Bertz CT molecular complexity index is 486.